The molecule has 0 aliphatic rings. The fraction of sp³-hybridized carbons (Fsp3) is 0.571. The van der Waals surface area contributed by atoms with Crippen LogP contribution in [0.5, 0.6) is 0 Å². The van der Waals surface area contributed by atoms with Gasteiger partial charge in [0.2, 0.25) is 0 Å². The molecule has 3 nitrogen and oxygen atoms in total. The minimum Gasteiger partial charge on any atom is -0.394 e. The molecule has 0 aliphatic carbocycles. The van der Waals surface area contributed by atoms with Gasteiger partial charge in [0.1, 0.15) is 0 Å². The fourth-order valence-corrected chi connectivity index (χ4v) is 1.81. The van der Waals surface area contributed by atoms with Gasteiger partial charge in [-0.15, -0.1) is 0 Å². The third-order valence-corrected chi connectivity index (χ3v) is 3.02. The molecule has 1 aromatic rings. The van der Waals surface area contributed by atoms with Gasteiger partial charge in [-0.3, -0.25) is 0 Å². The first-order valence-electron chi connectivity index (χ1n) is 6.14. The lowest BCUT2D eigenvalue weighted by Crippen LogP contribution is -2.43. The van der Waals surface area contributed by atoms with Gasteiger partial charge in [-0.05, 0) is 46.1 Å². The van der Waals surface area contributed by atoms with Crippen molar-refractivity contribution in [2.45, 2.75) is 18.9 Å². The van der Waals surface area contributed by atoms with E-state index >= 15 is 0 Å². The molecule has 1 atom stereocenters. The van der Waals surface area contributed by atoms with Crippen LogP contribution in [0.2, 0.25) is 0 Å². The highest BCUT2D eigenvalue weighted by atomic mass is 16.3. The van der Waals surface area contributed by atoms with Crippen LogP contribution in [0.4, 0.5) is 0 Å². The third-order valence-electron chi connectivity index (χ3n) is 3.02. The first kappa shape index (κ1) is 14.2. The van der Waals surface area contributed by atoms with Gasteiger partial charge < -0.3 is 15.3 Å². The largest absolute Gasteiger partial charge is 0.394 e. The van der Waals surface area contributed by atoms with E-state index in [1.165, 1.54) is 0 Å². The summed E-state index contributed by atoms with van der Waals surface area (Å²) in [6.45, 7) is 4.12. The zero-order chi connectivity index (χ0) is 12.7. The summed E-state index contributed by atoms with van der Waals surface area (Å²) >= 11 is 0. The van der Waals surface area contributed by atoms with Crippen molar-refractivity contribution in [1.29, 1.82) is 0 Å². The molecule has 2 N–H and O–H groups in total. The van der Waals surface area contributed by atoms with E-state index in [1.807, 2.05) is 25.1 Å². The van der Waals surface area contributed by atoms with Gasteiger partial charge in [-0.2, -0.15) is 0 Å². The number of hydrogen-bond acceptors (Lipinski definition) is 3. The van der Waals surface area contributed by atoms with Gasteiger partial charge in [0.05, 0.1) is 12.1 Å². The van der Waals surface area contributed by atoms with Crippen LogP contribution in [0.25, 0.3) is 0 Å². The summed E-state index contributed by atoms with van der Waals surface area (Å²) < 4.78 is 0. The van der Waals surface area contributed by atoms with Crippen LogP contribution in [-0.2, 0) is 5.54 Å². The number of aliphatic hydroxyl groups is 1. The Hall–Kier alpha value is -0.900. The normalized spacial score (nSPS) is 14.9. The average molecular weight is 236 g/mol. The predicted molar refractivity (Wildman–Crippen MR) is 72.1 cm³/mol. The molecule has 1 unspecified atom stereocenters. The molecule has 1 rings (SSSR count). The lowest BCUT2D eigenvalue weighted by molar-refractivity contribution is 0.173. The van der Waals surface area contributed by atoms with E-state index in [4.69, 9.17) is 0 Å². The van der Waals surface area contributed by atoms with Crippen LogP contribution in [0, 0.1) is 0 Å². The van der Waals surface area contributed by atoms with E-state index in [2.05, 4.69) is 36.4 Å². The minimum atomic E-state index is -0.340. The van der Waals surface area contributed by atoms with Gasteiger partial charge in [-0.25, -0.2) is 0 Å². The maximum atomic E-state index is 9.57. The molecule has 0 spiro atoms. The second-order valence-electron chi connectivity index (χ2n) is 4.94. The first-order chi connectivity index (χ1) is 8.08. The Kier molecular flexibility index (Phi) is 5.62. The van der Waals surface area contributed by atoms with Gasteiger partial charge in [0, 0.05) is 0 Å². The molecule has 0 saturated carbocycles. The van der Waals surface area contributed by atoms with Crippen LogP contribution in [0.1, 0.15) is 18.9 Å². The maximum Gasteiger partial charge on any atom is 0.0652 e. The third kappa shape index (κ3) is 4.46. The average Bonchev–Trinajstić information content (AvgIpc) is 2.35. The van der Waals surface area contributed by atoms with Crippen molar-refractivity contribution in [3.63, 3.8) is 0 Å². The lowest BCUT2D eigenvalue weighted by Gasteiger charge is -2.29. The van der Waals surface area contributed by atoms with Crippen LogP contribution in [0.15, 0.2) is 30.3 Å². The highest BCUT2D eigenvalue weighted by Gasteiger charge is 2.24. The molecule has 0 heterocycles. The highest BCUT2D eigenvalue weighted by Crippen LogP contribution is 2.19. The topological polar surface area (TPSA) is 35.5 Å². The number of benzene rings is 1. The molecule has 3 heteroatoms. The molecule has 0 fully saturated rings. The molecule has 17 heavy (non-hydrogen) atoms. The van der Waals surface area contributed by atoms with Crippen molar-refractivity contribution in [3.8, 4) is 0 Å². The predicted octanol–water partition coefficient (Wildman–Crippen LogP) is 1.44. The lowest BCUT2D eigenvalue weighted by atomic mass is 9.93. The van der Waals surface area contributed by atoms with Crippen LogP contribution < -0.4 is 5.32 Å². The molecule has 0 radical (unpaired) electrons. The maximum absolute atomic E-state index is 9.57. The molecule has 1 aromatic carbocycles. The smallest absolute Gasteiger partial charge is 0.0652 e. The van der Waals surface area contributed by atoms with Gasteiger partial charge in [-0.1, -0.05) is 30.3 Å². The zero-order valence-corrected chi connectivity index (χ0v) is 11.1. The standard InChI is InChI=1S/C14H24N2O/c1-14(12-17,13-8-5-4-6-9-13)15-10-7-11-16(2)3/h4-6,8-9,15,17H,7,10-12H2,1-3H3. The zero-order valence-electron chi connectivity index (χ0n) is 11.1. The number of aliphatic hydroxyl groups excluding tert-OH is 1. The Morgan fingerprint density at radius 2 is 1.88 bits per heavy atom. The molecule has 96 valence electrons. The summed E-state index contributed by atoms with van der Waals surface area (Å²) in [6.07, 6.45) is 1.08. The summed E-state index contributed by atoms with van der Waals surface area (Å²) in [5.41, 5.74) is 0.792. The Bertz CT molecular complexity index is 313. The second-order valence-corrected chi connectivity index (χ2v) is 4.94. The van der Waals surface area contributed by atoms with Crippen LogP contribution in [0.3, 0.4) is 0 Å². The summed E-state index contributed by atoms with van der Waals surface area (Å²) in [5, 5.41) is 13.0. The number of nitrogens with zero attached hydrogens (tertiary/aromatic N) is 1. The Morgan fingerprint density at radius 1 is 1.24 bits per heavy atom. The monoisotopic (exact) mass is 236 g/mol. The minimum absolute atomic E-state index is 0.110. The van der Waals surface area contributed by atoms with Crippen molar-refractivity contribution in [2.24, 2.45) is 0 Å². The van der Waals surface area contributed by atoms with Gasteiger partial charge >= 0.3 is 0 Å². The number of hydrogen-bond donors (Lipinski definition) is 2. The molecule has 0 amide bonds. The summed E-state index contributed by atoms with van der Waals surface area (Å²) in [6, 6.07) is 10.1. The Balaban J connectivity index is 2.52. The van der Waals surface area contributed by atoms with E-state index in [9.17, 15) is 5.11 Å². The van der Waals surface area contributed by atoms with Crippen molar-refractivity contribution in [1.82, 2.24) is 10.2 Å². The Morgan fingerprint density at radius 3 is 2.41 bits per heavy atom. The molecule has 0 saturated heterocycles. The van der Waals surface area contributed by atoms with E-state index < -0.39 is 0 Å². The fourth-order valence-electron chi connectivity index (χ4n) is 1.81. The molecule has 0 aromatic heterocycles. The molecular weight excluding hydrogens is 212 g/mol. The summed E-state index contributed by atoms with van der Waals surface area (Å²) in [7, 11) is 4.14. The van der Waals surface area contributed by atoms with Crippen molar-refractivity contribution in [2.75, 3.05) is 33.8 Å². The highest BCUT2D eigenvalue weighted by molar-refractivity contribution is 5.23. The first-order valence-corrected chi connectivity index (χ1v) is 6.14. The van der Waals surface area contributed by atoms with E-state index in [1.54, 1.807) is 0 Å². The van der Waals surface area contributed by atoms with E-state index in [0.717, 1.165) is 25.1 Å². The van der Waals surface area contributed by atoms with Crippen LogP contribution >= 0.6 is 0 Å². The SMILES string of the molecule is CN(C)CCCNC(C)(CO)c1ccccc1. The Labute approximate surface area is 104 Å². The second kappa shape index (κ2) is 6.74. The molecular formula is C14H24N2O. The van der Waals surface area contributed by atoms with Crippen molar-refractivity contribution < 1.29 is 5.11 Å². The van der Waals surface area contributed by atoms with Crippen molar-refractivity contribution >= 4 is 0 Å². The quantitative estimate of drug-likeness (QED) is 0.703. The number of rotatable bonds is 7. The van der Waals surface area contributed by atoms with Crippen LogP contribution in [-0.4, -0.2) is 43.8 Å². The number of nitrogens with one attached hydrogen (secondary N) is 1. The molecule has 0 aliphatic heterocycles. The summed E-state index contributed by atoms with van der Waals surface area (Å²) in [5.74, 6) is 0. The van der Waals surface area contributed by atoms with Gasteiger partial charge in [0.15, 0.2) is 0 Å². The molecule has 0 bridgehead atoms. The van der Waals surface area contributed by atoms with Crippen molar-refractivity contribution in [3.05, 3.63) is 35.9 Å². The van der Waals surface area contributed by atoms with E-state index in [0.29, 0.717) is 0 Å². The van der Waals surface area contributed by atoms with Gasteiger partial charge in [0.25, 0.3) is 0 Å². The van der Waals surface area contributed by atoms with E-state index in [-0.39, 0.29) is 12.1 Å². The summed E-state index contributed by atoms with van der Waals surface area (Å²) in [4.78, 5) is 2.17.